The summed E-state index contributed by atoms with van der Waals surface area (Å²) in [7, 11) is 2.93. The number of anilines is 1. The van der Waals surface area contributed by atoms with E-state index in [9.17, 15) is 14.4 Å². The van der Waals surface area contributed by atoms with Crippen molar-refractivity contribution >= 4 is 23.6 Å². The topological polar surface area (TPSA) is 101 Å². The molecule has 0 aliphatic carbocycles. The number of nitrogens with one attached hydrogen (secondary N) is 2. The third-order valence-corrected chi connectivity index (χ3v) is 3.90. The number of hydrogen-bond acceptors (Lipinski definition) is 5. The van der Waals surface area contributed by atoms with Crippen LogP contribution in [-0.4, -0.2) is 43.0 Å². The molecule has 0 unspecified atom stereocenters. The number of methoxy groups -OCH3 is 1. The minimum absolute atomic E-state index is 0.00239. The van der Waals surface area contributed by atoms with Crippen LogP contribution in [0.1, 0.15) is 46.1 Å². The van der Waals surface area contributed by atoms with Crippen molar-refractivity contribution in [2.75, 3.05) is 19.5 Å². The zero-order valence-electron chi connectivity index (χ0n) is 16.7. The molecule has 2 rings (SSSR count). The fourth-order valence-corrected chi connectivity index (χ4v) is 2.62. The standard InChI is InChI=1S/C20H25N3O5/c1-12(2)21-20(26)22-15-8-6-7-14(9-15)18(24)23(4)11-16-10-17(13(3)28-16)19(25)27-5/h6-10,12H,11H2,1-5H3,(H2,21,22,26). The van der Waals surface area contributed by atoms with Crippen molar-refractivity contribution in [2.45, 2.75) is 33.4 Å². The minimum Gasteiger partial charge on any atom is -0.465 e. The number of aryl methyl sites for hydroxylation is 1. The lowest BCUT2D eigenvalue weighted by atomic mass is 10.1. The molecule has 0 bridgehead atoms. The van der Waals surface area contributed by atoms with E-state index in [1.54, 1.807) is 44.3 Å². The second-order valence-corrected chi connectivity index (χ2v) is 6.67. The van der Waals surface area contributed by atoms with Crippen LogP contribution in [0, 0.1) is 6.92 Å². The number of amides is 3. The Morgan fingerprint density at radius 2 is 1.93 bits per heavy atom. The molecule has 1 aromatic heterocycles. The first kappa shape index (κ1) is 21.0. The SMILES string of the molecule is COC(=O)c1cc(CN(C)C(=O)c2cccc(NC(=O)NC(C)C)c2)oc1C. The second kappa shape index (κ2) is 9.07. The summed E-state index contributed by atoms with van der Waals surface area (Å²) in [6.07, 6.45) is 0. The lowest BCUT2D eigenvalue weighted by Gasteiger charge is -2.16. The summed E-state index contributed by atoms with van der Waals surface area (Å²) in [6.45, 7) is 5.56. The van der Waals surface area contributed by atoms with E-state index in [1.165, 1.54) is 12.0 Å². The highest BCUT2D eigenvalue weighted by atomic mass is 16.5. The first-order valence-electron chi connectivity index (χ1n) is 8.82. The van der Waals surface area contributed by atoms with Gasteiger partial charge in [0.25, 0.3) is 5.91 Å². The van der Waals surface area contributed by atoms with Gasteiger partial charge in [-0.3, -0.25) is 4.79 Å². The van der Waals surface area contributed by atoms with Crippen molar-refractivity contribution in [1.82, 2.24) is 10.2 Å². The van der Waals surface area contributed by atoms with Crippen molar-refractivity contribution in [1.29, 1.82) is 0 Å². The molecule has 2 aromatic rings. The average molecular weight is 387 g/mol. The first-order chi connectivity index (χ1) is 13.2. The van der Waals surface area contributed by atoms with Crippen LogP contribution < -0.4 is 10.6 Å². The summed E-state index contributed by atoms with van der Waals surface area (Å²) in [5.41, 5.74) is 1.27. The first-order valence-corrected chi connectivity index (χ1v) is 8.82. The van der Waals surface area contributed by atoms with Gasteiger partial charge < -0.3 is 24.7 Å². The molecule has 8 nitrogen and oxygen atoms in total. The smallest absolute Gasteiger partial charge is 0.341 e. The zero-order chi connectivity index (χ0) is 20.8. The van der Waals surface area contributed by atoms with Gasteiger partial charge in [0, 0.05) is 24.3 Å². The lowest BCUT2D eigenvalue weighted by Crippen LogP contribution is -2.34. The highest BCUT2D eigenvalue weighted by Crippen LogP contribution is 2.18. The highest BCUT2D eigenvalue weighted by Gasteiger charge is 2.19. The number of benzene rings is 1. The molecule has 0 atom stereocenters. The van der Waals surface area contributed by atoms with Gasteiger partial charge in [0.2, 0.25) is 0 Å². The maximum atomic E-state index is 12.7. The highest BCUT2D eigenvalue weighted by molar-refractivity contribution is 5.97. The van der Waals surface area contributed by atoms with Crippen molar-refractivity contribution in [2.24, 2.45) is 0 Å². The van der Waals surface area contributed by atoms with Gasteiger partial charge in [0.05, 0.1) is 13.7 Å². The van der Waals surface area contributed by atoms with Gasteiger partial charge in [-0.2, -0.15) is 0 Å². The Balaban J connectivity index is 2.08. The Hall–Kier alpha value is -3.29. The van der Waals surface area contributed by atoms with E-state index in [-0.39, 0.29) is 24.5 Å². The number of urea groups is 1. The molecule has 0 radical (unpaired) electrons. The quantitative estimate of drug-likeness (QED) is 0.742. The number of esters is 1. The summed E-state index contributed by atoms with van der Waals surface area (Å²) >= 11 is 0. The Morgan fingerprint density at radius 3 is 2.57 bits per heavy atom. The molecule has 3 amide bonds. The van der Waals surface area contributed by atoms with Crippen LogP contribution in [0.3, 0.4) is 0 Å². The van der Waals surface area contributed by atoms with E-state index < -0.39 is 5.97 Å². The maximum absolute atomic E-state index is 12.7. The van der Waals surface area contributed by atoms with Gasteiger partial charge in [0.15, 0.2) is 0 Å². The molecule has 0 saturated heterocycles. The average Bonchev–Trinajstić information content (AvgIpc) is 2.99. The van der Waals surface area contributed by atoms with Crippen LogP contribution in [0.5, 0.6) is 0 Å². The van der Waals surface area contributed by atoms with E-state index in [1.807, 2.05) is 13.8 Å². The number of ether oxygens (including phenoxy) is 1. The predicted octanol–water partition coefficient (Wildman–Crippen LogP) is 3.18. The minimum atomic E-state index is -0.486. The van der Waals surface area contributed by atoms with Crippen molar-refractivity contribution < 1.29 is 23.5 Å². The third-order valence-electron chi connectivity index (χ3n) is 3.90. The Labute approximate surface area is 163 Å². The molecule has 1 aromatic carbocycles. The van der Waals surface area contributed by atoms with E-state index >= 15 is 0 Å². The second-order valence-electron chi connectivity index (χ2n) is 6.67. The fraction of sp³-hybridized carbons (Fsp3) is 0.350. The van der Waals surface area contributed by atoms with Crippen LogP contribution in [0.4, 0.5) is 10.5 Å². The fourth-order valence-electron chi connectivity index (χ4n) is 2.62. The molecule has 0 aliphatic heterocycles. The third kappa shape index (κ3) is 5.35. The molecule has 0 saturated carbocycles. The van der Waals surface area contributed by atoms with Crippen molar-refractivity contribution in [3.63, 3.8) is 0 Å². The summed E-state index contributed by atoms with van der Waals surface area (Å²) in [4.78, 5) is 37.7. The summed E-state index contributed by atoms with van der Waals surface area (Å²) < 4.78 is 10.2. The van der Waals surface area contributed by atoms with E-state index in [0.29, 0.717) is 28.3 Å². The van der Waals surface area contributed by atoms with Crippen LogP contribution in [0.25, 0.3) is 0 Å². The van der Waals surface area contributed by atoms with Gasteiger partial charge in [-0.15, -0.1) is 0 Å². The molecule has 1 heterocycles. The molecule has 8 heteroatoms. The number of carbonyl (C=O) groups excluding carboxylic acids is 3. The molecule has 0 fully saturated rings. The van der Waals surface area contributed by atoms with E-state index in [0.717, 1.165) is 0 Å². The normalized spacial score (nSPS) is 10.5. The number of furan rings is 1. The van der Waals surface area contributed by atoms with Gasteiger partial charge >= 0.3 is 12.0 Å². The van der Waals surface area contributed by atoms with Gasteiger partial charge in [-0.25, -0.2) is 9.59 Å². The summed E-state index contributed by atoms with van der Waals surface area (Å²) in [6, 6.07) is 7.90. The van der Waals surface area contributed by atoms with Crippen LogP contribution in [-0.2, 0) is 11.3 Å². The monoisotopic (exact) mass is 387 g/mol. The molecule has 0 aliphatic rings. The molecular weight excluding hydrogens is 362 g/mol. The Morgan fingerprint density at radius 1 is 1.21 bits per heavy atom. The van der Waals surface area contributed by atoms with Crippen molar-refractivity contribution in [3.05, 3.63) is 53.0 Å². The number of carbonyl (C=O) groups is 3. The maximum Gasteiger partial charge on any atom is 0.341 e. The summed E-state index contributed by atoms with van der Waals surface area (Å²) in [5.74, 6) is 0.172. The molecule has 28 heavy (non-hydrogen) atoms. The molecule has 2 N–H and O–H groups in total. The van der Waals surface area contributed by atoms with Gasteiger partial charge in [-0.1, -0.05) is 6.07 Å². The molecule has 0 spiro atoms. The Kier molecular flexibility index (Phi) is 6.81. The van der Waals surface area contributed by atoms with E-state index in [4.69, 9.17) is 9.15 Å². The van der Waals surface area contributed by atoms with Gasteiger partial charge in [-0.05, 0) is 45.0 Å². The number of hydrogen-bond donors (Lipinski definition) is 2. The number of nitrogens with zero attached hydrogens (tertiary/aromatic N) is 1. The predicted molar refractivity (Wildman–Crippen MR) is 104 cm³/mol. The summed E-state index contributed by atoms with van der Waals surface area (Å²) in [5, 5.41) is 5.42. The van der Waals surface area contributed by atoms with Gasteiger partial charge in [0.1, 0.15) is 17.1 Å². The van der Waals surface area contributed by atoms with E-state index in [2.05, 4.69) is 10.6 Å². The van der Waals surface area contributed by atoms with Crippen molar-refractivity contribution in [3.8, 4) is 0 Å². The molecular formula is C20H25N3O5. The van der Waals surface area contributed by atoms with Crippen LogP contribution >= 0.6 is 0 Å². The zero-order valence-corrected chi connectivity index (χ0v) is 16.7. The van der Waals surface area contributed by atoms with Crippen LogP contribution in [0.2, 0.25) is 0 Å². The largest absolute Gasteiger partial charge is 0.465 e. The lowest BCUT2D eigenvalue weighted by molar-refractivity contribution is 0.0598. The molecule has 150 valence electrons. The van der Waals surface area contributed by atoms with Crippen LogP contribution in [0.15, 0.2) is 34.7 Å². The Bertz CT molecular complexity index is 872. The number of rotatable bonds is 6.